The average Bonchev–Trinajstić information content (AvgIpc) is 2.66. The molecular formula is C11H13N3O3. The number of imidazole rings is 1. The Morgan fingerprint density at radius 2 is 2.12 bits per heavy atom. The fourth-order valence-corrected chi connectivity index (χ4v) is 1.53. The number of aromatic nitrogens is 2. The van der Waals surface area contributed by atoms with Gasteiger partial charge in [-0.2, -0.15) is 0 Å². The number of anilines is 1. The number of carbonyl (C=O) groups is 1. The first-order valence-electron chi connectivity index (χ1n) is 5.30. The Kier molecular flexibility index (Phi) is 3.13. The number of H-pyrrole nitrogens is 2. The highest BCUT2D eigenvalue weighted by Crippen LogP contribution is 2.13. The molecule has 0 radical (unpaired) electrons. The summed E-state index contributed by atoms with van der Waals surface area (Å²) in [6.07, 6.45) is 0. The van der Waals surface area contributed by atoms with Gasteiger partial charge in [-0.1, -0.05) is 0 Å². The Morgan fingerprint density at radius 3 is 2.88 bits per heavy atom. The third-order valence-corrected chi connectivity index (χ3v) is 2.26. The summed E-state index contributed by atoms with van der Waals surface area (Å²) in [6, 6.07) is 5.30. The zero-order valence-corrected chi connectivity index (χ0v) is 9.37. The molecule has 1 aromatic heterocycles. The average molecular weight is 235 g/mol. The maximum Gasteiger partial charge on any atom is 0.325 e. The summed E-state index contributed by atoms with van der Waals surface area (Å²) in [5.41, 5.74) is 1.93. The van der Waals surface area contributed by atoms with Crippen molar-refractivity contribution < 1.29 is 9.53 Å². The molecule has 0 aliphatic carbocycles. The Hall–Kier alpha value is -2.24. The van der Waals surface area contributed by atoms with Crippen molar-refractivity contribution in [3.05, 3.63) is 28.7 Å². The van der Waals surface area contributed by atoms with Gasteiger partial charge < -0.3 is 20.0 Å². The zero-order valence-electron chi connectivity index (χ0n) is 9.37. The lowest BCUT2D eigenvalue weighted by atomic mass is 10.3. The molecule has 0 saturated carbocycles. The molecule has 3 N–H and O–H groups in total. The van der Waals surface area contributed by atoms with Crippen LogP contribution >= 0.6 is 0 Å². The van der Waals surface area contributed by atoms with Crippen molar-refractivity contribution in [2.75, 3.05) is 18.5 Å². The van der Waals surface area contributed by atoms with Gasteiger partial charge in [-0.3, -0.25) is 4.79 Å². The van der Waals surface area contributed by atoms with Crippen molar-refractivity contribution in [2.45, 2.75) is 6.92 Å². The molecule has 1 heterocycles. The van der Waals surface area contributed by atoms with Gasteiger partial charge >= 0.3 is 11.7 Å². The maximum atomic E-state index is 11.1. The van der Waals surface area contributed by atoms with Gasteiger partial charge in [0.25, 0.3) is 0 Å². The summed E-state index contributed by atoms with van der Waals surface area (Å²) in [7, 11) is 0. The van der Waals surface area contributed by atoms with Crippen molar-refractivity contribution >= 4 is 22.7 Å². The van der Waals surface area contributed by atoms with E-state index in [9.17, 15) is 9.59 Å². The summed E-state index contributed by atoms with van der Waals surface area (Å²) < 4.78 is 4.79. The Balaban J connectivity index is 2.08. The molecule has 6 heteroatoms. The van der Waals surface area contributed by atoms with E-state index >= 15 is 0 Å². The van der Waals surface area contributed by atoms with E-state index < -0.39 is 0 Å². The minimum atomic E-state index is -0.310. The van der Waals surface area contributed by atoms with Crippen LogP contribution in [0.15, 0.2) is 23.0 Å². The molecule has 17 heavy (non-hydrogen) atoms. The molecule has 0 amide bonds. The van der Waals surface area contributed by atoms with E-state index in [1.165, 1.54) is 0 Å². The molecule has 2 rings (SSSR count). The fourth-order valence-electron chi connectivity index (χ4n) is 1.53. The van der Waals surface area contributed by atoms with Gasteiger partial charge in [0.05, 0.1) is 17.6 Å². The van der Waals surface area contributed by atoms with Crippen molar-refractivity contribution in [1.82, 2.24) is 9.97 Å². The van der Waals surface area contributed by atoms with E-state index in [1.807, 2.05) is 0 Å². The Labute approximate surface area is 97.0 Å². The van der Waals surface area contributed by atoms with Gasteiger partial charge in [-0.15, -0.1) is 0 Å². The highest BCUT2D eigenvalue weighted by molar-refractivity contribution is 5.80. The van der Waals surface area contributed by atoms with E-state index in [4.69, 9.17) is 4.74 Å². The number of esters is 1. The van der Waals surface area contributed by atoms with Crippen LogP contribution in [0.2, 0.25) is 0 Å². The van der Waals surface area contributed by atoms with Gasteiger partial charge in [-0.25, -0.2) is 4.79 Å². The van der Waals surface area contributed by atoms with Gasteiger partial charge in [0.1, 0.15) is 6.54 Å². The van der Waals surface area contributed by atoms with Crippen LogP contribution in [0.5, 0.6) is 0 Å². The van der Waals surface area contributed by atoms with Gasteiger partial charge in [0.15, 0.2) is 0 Å². The van der Waals surface area contributed by atoms with Crippen LogP contribution in [-0.4, -0.2) is 29.1 Å². The molecular weight excluding hydrogens is 222 g/mol. The number of nitrogens with one attached hydrogen (secondary N) is 3. The van der Waals surface area contributed by atoms with E-state index in [0.717, 1.165) is 11.2 Å². The second-order valence-corrected chi connectivity index (χ2v) is 3.50. The van der Waals surface area contributed by atoms with Gasteiger partial charge in [0, 0.05) is 5.69 Å². The number of carbonyl (C=O) groups excluding carboxylic acids is 1. The summed E-state index contributed by atoms with van der Waals surface area (Å²) in [6.45, 7) is 2.23. The van der Waals surface area contributed by atoms with Crippen molar-refractivity contribution in [3.63, 3.8) is 0 Å². The quantitative estimate of drug-likeness (QED) is 0.685. The van der Waals surface area contributed by atoms with Crippen molar-refractivity contribution in [3.8, 4) is 0 Å². The minimum absolute atomic E-state index is 0.105. The van der Waals surface area contributed by atoms with Gasteiger partial charge in [0.2, 0.25) is 0 Å². The second kappa shape index (κ2) is 4.73. The molecule has 0 unspecified atom stereocenters. The Morgan fingerprint density at radius 1 is 1.35 bits per heavy atom. The van der Waals surface area contributed by atoms with Crippen LogP contribution in [-0.2, 0) is 9.53 Å². The first-order chi connectivity index (χ1) is 8.19. The van der Waals surface area contributed by atoms with Crippen LogP contribution in [0.25, 0.3) is 11.0 Å². The maximum absolute atomic E-state index is 11.1. The number of hydrogen-bond donors (Lipinski definition) is 3. The molecule has 0 saturated heterocycles. The molecule has 0 aliphatic heterocycles. The predicted octanol–water partition coefficient (Wildman–Crippen LogP) is 0.831. The standard InChI is InChI=1S/C11H13N3O3/c1-2-17-10(15)6-12-7-3-4-8-9(5-7)14-11(16)13-8/h3-5,12H,2,6H2,1H3,(H2,13,14,16). The lowest BCUT2D eigenvalue weighted by molar-refractivity contribution is -0.140. The van der Waals surface area contributed by atoms with E-state index in [2.05, 4.69) is 15.3 Å². The topological polar surface area (TPSA) is 87.0 Å². The normalized spacial score (nSPS) is 10.4. The van der Waals surface area contributed by atoms with E-state index in [-0.39, 0.29) is 18.2 Å². The third kappa shape index (κ3) is 2.66. The number of ether oxygens (including phenoxy) is 1. The zero-order chi connectivity index (χ0) is 12.3. The SMILES string of the molecule is CCOC(=O)CNc1ccc2[nH]c(=O)[nH]c2c1. The molecule has 6 nitrogen and oxygen atoms in total. The Bertz CT molecular complexity index is 585. The highest BCUT2D eigenvalue weighted by atomic mass is 16.5. The smallest absolute Gasteiger partial charge is 0.325 e. The summed E-state index contributed by atoms with van der Waals surface area (Å²) in [5, 5.41) is 2.92. The largest absolute Gasteiger partial charge is 0.465 e. The molecule has 0 atom stereocenters. The first-order valence-corrected chi connectivity index (χ1v) is 5.30. The minimum Gasteiger partial charge on any atom is -0.465 e. The van der Waals surface area contributed by atoms with Crippen molar-refractivity contribution in [2.24, 2.45) is 0 Å². The second-order valence-electron chi connectivity index (χ2n) is 3.50. The fraction of sp³-hybridized carbons (Fsp3) is 0.273. The van der Waals surface area contributed by atoms with Crippen LogP contribution in [0.3, 0.4) is 0 Å². The molecule has 2 aromatic rings. The van der Waals surface area contributed by atoms with Crippen molar-refractivity contribution in [1.29, 1.82) is 0 Å². The predicted molar refractivity (Wildman–Crippen MR) is 64.0 cm³/mol. The van der Waals surface area contributed by atoms with Crippen LogP contribution in [0, 0.1) is 0 Å². The molecule has 0 bridgehead atoms. The van der Waals surface area contributed by atoms with E-state index in [1.54, 1.807) is 25.1 Å². The molecule has 90 valence electrons. The number of rotatable bonds is 4. The lowest BCUT2D eigenvalue weighted by Gasteiger charge is -2.05. The van der Waals surface area contributed by atoms with E-state index in [0.29, 0.717) is 12.1 Å². The van der Waals surface area contributed by atoms with Crippen LogP contribution in [0.1, 0.15) is 6.92 Å². The number of hydrogen-bond acceptors (Lipinski definition) is 4. The molecule has 0 fully saturated rings. The summed E-state index contributed by atoms with van der Waals surface area (Å²) in [5.74, 6) is -0.310. The number of aromatic amines is 2. The highest BCUT2D eigenvalue weighted by Gasteiger charge is 2.03. The molecule has 0 spiro atoms. The monoisotopic (exact) mass is 235 g/mol. The molecule has 1 aromatic carbocycles. The molecule has 0 aliphatic rings. The first kappa shape index (κ1) is 11.3. The number of benzene rings is 1. The lowest BCUT2D eigenvalue weighted by Crippen LogP contribution is -2.16. The van der Waals surface area contributed by atoms with Gasteiger partial charge in [-0.05, 0) is 25.1 Å². The van der Waals surface area contributed by atoms with Crippen LogP contribution in [0.4, 0.5) is 5.69 Å². The third-order valence-electron chi connectivity index (χ3n) is 2.26. The summed E-state index contributed by atoms with van der Waals surface area (Å²) >= 11 is 0. The summed E-state index contributed by atoms with van der Waals surface area (Å²) in [4.78, 5) is 27.5. The number of fused-ring (bicyclic) bond motifs is 1. The van der Waals surface area contributed by atoms with Crippen LogP contribution < -0.4 is 11.0 Å².